The maximum atomic E-state index is 5.81. The molecule has 0 bridgehead atoms. The van der Waals surface area contributed by atoms with Gasteiger partial charge in [-0.25, -0.2) is 19.9 Å². The first kappa shape index (κ1) is 14.4. The van der Waals surface area contributed by atoms with Crippen molar-refractivity contribution >= 4 is 17.3 Å². The van der Waals surface area contributed by atoms with Crippen LogP contribution in [0, 0.1) is 6.92 Å². The molecule has 0 saturated carbocycles. The molecule has 0 fully saturated rings. The Bertz CT molecular complexity index is 898. The van der Waals surface area contributed by atoms with Crippen LogP contribution in [-0.2, 0) is 0 Å². The number of fused-ring (bicyclic) bond motifs is 1. The molecule has 4 rings (SSSR count). The zero-order valence-electron chi connectivity index (χ0n) is 13.2. The molecular weight excluding hydrogens is 304 g/mol. The highest BCUT2D eigenvalue weighted by molar-refractivity contribution is 5.69. The van der Waals surface area contributed by atoms with Gasteiger partial charge in [0.15, 0.2) is 17.4 Å². The topological polar surface area (TPSA) is 90.1 Å². The Labute approximate surface area is 139 Å². The molecule has 3 aromatic heterocycles. The van der Waals surface area contributed by atoms with E-state index >= 15 is 0 Å². The van der Waals surface area contributed by atoms with Crippen molar-refractivity contribution in [2.75, 3.05) is 23.8 Å². The van der Waals surface area contributed by atoms with Crippen LogP contribution in [0.25, 0.3) is 11.5 Å². The van der Waals surface area contributed by atoms with Crippen LogP contribution in [0.15, 0.2) is 42.7 Å². The van der Waals surface area contributed by atoms with Crippen molar-refractivity contribution in [1.82, 2.24) is 19.9 Å². The molecule has 1 aliphatic heterocycles. The molecule has 120 valence electrons. The predicted octanol–water partition coefficient (Wildman–Crippen LogP) is 2.35. The lowest BCUT2D eigenvalue weighted by molar-refractivity contribution is 0.310. The maximum absolute atomic E-state index is 5.81. The van der Waals surface area contributed by atoms with Crippen molar-refractivity contribution in [3.8, 4) is 17.3 Å². The van der Waals surface area contributed by atoms with Gasteiger partial charge >= 0.3 is 0 Å². The van der Waals surface area contributed by atoms with Crippen molar-refractivity contribution < 1.29 is 4.74 Å². The number of hydrogen-bond donors (Lipinski definition) is 1. The zero-order chi connectivity index (χ0) is 16.5. The van der Waals surface area contributed by atoms with Gasteiger partial charge in [-0.1, -0.05) is 6.07 Å². The fourth-order valence-corrected chi connectivity index (χ4v) is 2.66. The Morgan fingerprint density at radius 2 is 2.08 bits per heavy atom. The molecule has 1 aliphatic rings. The molecule has 3 aromatic rings. The Morgan fingerprint density at radius 1 is 1.17 bits per heavy atom. The van der Waals surface area contributed by atoms with Gasteiger partial charge in [0.1, 0.15) is 18.1 Å². The molecule has 0 spiro atoms. The summed E-state index contributed by atoms with van der Waals surface area (Å²) in [5, 5.41) is 0. The third-order valence-corrected chi connectivity index (χ3v) is 3.76. The smallest absolute Gasteiger partial charge is 0.180 e. The molecule has 0 atom stereocenters. The van der Waals surface area contributed by atoms with Gasteiger partial charge < -0.3 is 15.4 Å². The van der Waals surface area contributed by atoms with E-state index in [0.29, 0.717) is 36.4 Å². The molecule has 0 unspecified atom stereocenters. The lowest BCUT2D eigenvalue weighted by Crippen LogP contribution is -2.30. The largest absolute Gasteiger partial charge is 0.486 e. The summed E-state index contributed by atoms with van der Waals surface area (Å²) in [6, 6.07) is 9.50. The molecule has 0 aromatic carbocycles. The highest BCUT2D eigenvalue weighted by Gasteiger charge is 2.23. The first-order chi connectivity index (χ1) is 11.7. The molecule has 4 heterocycles. The van der Waals surface area contributed by atoms with Gasteiger partial charge in [-0.2, -0.15) is 0 Å². The standard InChI is InChI=1S/C17H16N6O/c1-11-3-2-4-13(21-11)16-20-10-14-17(22-16)23(7-8-24-14)12-5-6-19-15(18)9-12/h2-6,9-10H,7-8H2,1H3,(H2,18,19). The Hall–Kier alpha value is -3.22. The summed E-state index contributed by atoms with van der Waals surface area (Å²) in [5.74, 6) is 2.39. The molecule has 7 nitrogen and oxygen atoms in total. The van der Waals surface area contributed by atoms with Crippen LogP contribution in [0.1, 0.15) is 5.69 Å². The fraction of sp³-hybridized carbons (Fsp3) is 0.176. The van der Waals surface area contributed by atoms with Crippen LogP contribution in [0.3, 0.4) is 0 Å². The van der Waals surface area contributed by atoms with Crippen LogP contribution < -0.4 is 15.4 Å². The molecule has 0 saturated heterocycles. The predicted molar refractivity (Wildman–Crippen MR) is 91.2 cm³/mol. The molecule has 2 N–H and O–H groups in total. The van der Waals surface area contributed by atoms with Crippen LogP contribution in [-0.4, -0.2) is 33.1 Å². The number of hydrogen-bond acceptors (Lipinski definition) is 7. The first-order valence-corrected chi connectivity index (χ1v) is 7.64. The number of aromatic nitrogens is 4. The quantitative estimate of drug-likeness (QED) is 0.775. The third-order valence-electron chi connectivity index (χ3n) is 3.76. The SMILES string of the molecule is Cc1cccc(-c2ncc3c(n2)N(c2ccnc(N)c2)CCO3)n1. The number of ether oxygens (including phenoxy) is 1. The normalized spacial score (nSPS) is 13.3. The van der Waals surface area contributed by atoms with Crippen LogP contribution in [0.4, 0.5) is 17.3 Å². The minimum atomic E-state index is 0.468. The molecule has 0 radical (unpaired) electrons. The average molecular weight is 320 g/mol. The van der Waals surface area contributed by atoms with E-state index in [-0.39, 0.29) is 0 Å². The zero-order valence-corrected chi connectivity index (χ0v) is 13.2. The molecular formula is C17H16N6O. The number of aryl methyl sites for hydroxylation is 1. The van der Waals surface area contributed by atoms with Gasteiger partial charge in [-0.05, 0) is 25.1 Å². The summed E-state index contributed by atoms with van der Waals surface area (Å²) >= 11 is 0. The van der Waals surface area contributed by atoms with E-state index < -0.39 is 0 Å². The van der Waals surface area contributed by atoms with Crippen molar-refractivity contribution in [1.29, 1.82) is 0 Å². The van der Waals surface area contributed by atoms with E-state index in [1.54, 1.807) is 12.4 Å². The van der Waals surface area contributed by atoms with Crippen LogP contribution in [0.5, 0.6) is 5.75 Å². The fourth-order valence-electron chi connectivity index (χ4n) is 2.66. The van der Waals surface area contributed by atoms with E-state index in [9.17, 15) is 0 Å². The Morgan fingerprint density at radius 3 is 2.92 bits per heavy atom. The second-order valence-electron chi connectivity index (χ2n) is 5.48. The second kappa shape index (κ2) is 5.77. The third kappa shape index (κ3) is 2.60. The van der Waals surface area contributed by atoms with Gasteiger partial charge in [-0.3, -0.25) is 0 Å². The van der Waals surface area contributed by atoms with Crippen LogP contribution in [0.2, 0.25) is 0 Å². The lowest BCUT2D eigenvalue weighted by atomic mass is 10.2. The van der Waals surface area contributed by atoms with Crippen molar-refractivity contribution in [3.63, 3.8) is 0 Å². The summed E-state index contributed by atoms with van der Waals surface area (Å²) < 4.78 is 5.69. The Kier molecular flexibility index (Phi) is 3.45. The summed E-state index contributed by atoms with van der Waals surface area (Å²) in [4.78, 5) is 19.7. The molecule has 24 heavy (non-hydrogen) atoms. The average Bonchev–Trinajstić information content (AvgIpc) is 2.61. The number of nitrogens with zero attached hydrogens (tertiary/aromatic N) is 5. The van der Waals surface area contributed by atoms with E-state index in [4.69, 9.17) is 10.5 Å². The second-order valence-corrected chi connectivity index (χ2v) is 5.48. The number of pyridine rings is 2. The summed E-state index contributed by atoms with van der Waals surface area (Å²) in [6.07, 6.45) is 3.38. The minimum absolute atomic E-state index is 0.468. The van der Waals surface area contributed by atoms with Crippen molar-refractivity contribution in [2.24, 2.45) is 0 Å². The van der Waals surface area contributed by atoms with E-state index in [0.717, 1.165) is 17.1 Å². The number of nitrogens with two attached hydrogens (primary N) is 1. The lowest BCUT2D eigenvalue weighted by Gasteiger charge is -2.30. The minimum Gasteiger partial charge on any atom is -0.486 e. The van der Waals surface area contributed by atoms with Gasteiger partial charge in [0, 0.05) is 23.6 Å². The summed E-state index contributed by atoms with van der Waals surface area (Å²) in [5.41, 5.74) is 8.39. The van der Waals surface area contributed by atoms with E-state index in [2.05, 4.69) is 24.8 Å². The number of nitrogen functional groups attached to an aromatic ring is 1. The molecule has 0 aliphatic carbocycles. The first-order valence-electron chi connectivity index (χ1n) is 7.64. The van der Waals surface area contributed by atoms with Crippen molar-refractivity contribution in [2.45, 2.75) is 6.92 Å². The van der Waals surface area contributed by atoms with E-state index in [1.807, 2.05) is 37.3 Å². The monoisotopic (exact) mass is 320 g/mol. The van der Waals surface area contributed by atoms with Gasteiger partial charge in [0.25, 0.3) is 0 Å². The molecule has 0 amide bonds. The summed E-state index contributed by atoms with van der Waals surface area (Å²) in [7, 11) is 0. The number of rotatable bonds is 2. The van der Waals surface area contributed by atoms with Gasteiger partial charge in [0.2, 0.25) is 0 Å². The Balaban J connectivity index is 1.80. The van der Waals surface area contributed by atoms with Crippen molar-refractivity contribution in [3.05, 3.63) is 48.4 Å². The number of anilines is 3. The van der Waals surface area contributed by atoms with Gasteiger partial charge in [-0.15, -0.1) is 0 Å². The molecule has 7 heteroatoms. The highest BCUT2D eigenvalue weighted by atomic mass is 16.5. The van der Waals surface area contributed by atoms with Gasteiger partial charge in [0.05, 0.1) is 12.7 Å². The van der Waals surface area contributed by atoms with Crippen LogP contribution >= 0.6 is 0 Å². The highest BCUT2D eigenvalue weighted by Crippen LogP contribution is 2.35. The summed E-state index contributed by atoms with van der Waals surface area (Å²) in [6.45, 7) is 3.17. The maximum Gasteiger partial charge on any atom is 0.180 e. The van der Waals surface area contributed by atoms with E-state index in [1.165, 1.54) is 0 Å².